The highest BCUT2D eigenvalue weighted by atomic mass is 19.1. The van der Waals surface area contributed by atoms with Gasteiger partial charge in [-0.1, -0.05) is 42.5 Å². The Bertz CT molecular complexity index is 1220. The van der Waals surface area contributed by atoms with Crippen LogP contribution in [0.3, 0.4) is 0 Å². The molecule has 6 heteroatoms. The first-order valence-corrected chi connectivity index (χ1v) is 9.45. The van der Waals surface area contributed by atoms with Gasteiger partial charge < -0.3 is 14.6 Å². The molecule has 1 heterocycles. The number of hydrogen-bond donors (Lipinski definition) is 1. The fourth-order valence-electron chi connectivity index (χ4n) is 3.17. The van der Waals surface area contributed by atoms with E-state index in [1.165, 1.54) is 23.3 Å². The van der Waals surface area contributed by atoms with Crippen molar-refractivity contribution < 1.29 is 13.6 Å². The summed E-state index contributed by atoms with van der Waals surface area (Å²) >= 11 is 0. The topological polar surface area (TPSA) is 62.6 Å². The molecule has 0 unspecified atom stereocenters. The summed E-state index contributed by atoms with van der Waals surface area (Å²) in [4.78, 5) is 27.3. The van der Waals surface area contributed by atoms with Crippen LogP contribution in [0, 0.1) is 5.82 Å². The van der Waals surface area contributed by atoms with Crippen molar-refractivity contribution in [2.75, 3.05) is 5.32 Å². The molecule has 0 atom stereocenters. The predicted octanol–water partition coefficient (Wildman–Crippen LogP) is 5.17. The molecule has 0 aliphatic carbocycles. The zero-order valence-electron chi connectivity index (χ0n) is 16.0. The Morgan fingerprint density at radius 1 is 0.900 bits per heavy atom. The summed E-state index contributed by atoms with van der Waals surface area (Å²) in [6, 6.07) is 21.5. The van der Waals surface area contributed by atoms with Crippen molar-refractivity contribution in [3.8, 4) is 0 Å². The Morgan fingerprint density at radius 2 is 1.60 bits per heavy atom. The van der Waals surface area contributed by atoms with Gasteiger partial charge >= 0.3 is 6.03 Å². The minimum Gasteiger partial charge on any atom is -0.464 e. The van der Waals surface area contributed by atoms with Crippen LogP contribution in [0.1, 0.15) is 11.1 Å². The highest BCUT2D eigenvalue weighted by Crippen LogP contribution is 2.15. The minimum absolute atomic E-state index is 0.0449. The number of rotatable bonds is 5. The number of anilines is 1. The number of benzene rings is 3. The van der Waals surface area contributed by atoms with E-state index in [1.807, 2.05) is 18.2 Å². The lowest BCUT2D eigenvalue weighted by Gasteiger charge is -2.23. The van der Waals surface area contributed by atoms with Gasteiger partial charge in [0.2, 0.25) is 0 Å². The molecule has 4 rings (SSSR count). The predicted molar refractivity (Wildman–Crippen MR) is 114 cm³/mol. The van der Waals surface area contributed by atoms with Crippen LogP contribution in [-0.4, -0.2) is 10.9 Å². The maximum atomic E-state index is 13.3. The van der Waals surface area contributed by atoms with Crippen molar-refractivity contribution in [3.05, 3.63) is 112 Å². The van der Waals surface area contributed by atoms with Crippen molar-refractivity contribution in [3.63, 3.8) is 0 Å². The third-order valence-corrected chi connectivity index (χ3v) is 4.71. The average molecular weight is 402 g/mol. The molecule has 2 amide bonds. The number of halogens is 1. The number of fused-ring (bicyclic) bond motifs is 1. The van der Waals surface area contributed by atoms with Gasteiger partial charge in [0, 0.05) is 12.2 Å². The number of carbonyl (C=O) groups is 1. The van der Waals surface area contributed by atoms with Crippen LogP contribution < -0.4 is 10.7 Å². The molecule has 30 heavy (non-hydrogen) atoms. The molecule has 150 valence electrons. The van der Waals surface area contributed by atoms with Crippen molar-refractivity contribution in [1.82, 2.24) is 4.90 Å². The zero-order chi connectivity index (χ0) is 20.9. The molecule has 0 spiro atoms. The molecule has 1 aromatic heterocycles. The first kappa shape index (κ1) is 19.4. The highest BCUT2D eigenvalue weighted by molar-refractivity contribution is 5.89. The van der Waals surface area contributed by atoms with Gasteiger partial charge in [-0.15, -0.1) is 0 Å². The van der Waals surface area contributed by atoms with Gasteiger partial charge in [0.15, 0.2) is 5.43 Å². The number of para-hydroxylation sites is 2. The third-order valence-electron chi connectivity index (χ3n) is 4.71. The Balaban J connectivity index is 1.64. The lowest BCUT2D eigenvalue weighted by Crippen LogP contribution is -2.35. The summed E-state index contributed by atoms with van der Waals surface area (Å²) in [6.45, 7) is 0.244. The molecule has 4 aromatic rings. The van der Waals surface area contributed by atoms with Crippen LogP contribution in [0.25, 0.3) is 11.0 Å². The number of nitrogens with zero attached hydrogens (tertiary/aromatic N) is 1. The zero-order valence-corrected chi connectivity index (χ0v) is 16.0. The van der Waals surface area contributed by atoms with E-state index in [-0.39, 0.29) is 30.4 Å². The van der Waals surface area contributed by atoms with Gasteiger partial charge in [0.1, 0.15) is 11.4 Å². The van der Waals surface area contributed by atoms with E-state index < -0.39 is 0 Å². The van der Waals surface area contributed by atoms with Gasteiger partial charge in [0.25, 0.3) is 0 Å². The van der Waals surface area contributed by atoms with E-state index in [0.29, 0.717) is 22.2 Å². The Kier molecular flexibility index (Phi) is 5.57. The number of carbonyl (C=O) groups excluding carboxylic acids is 1. The lowest BCUT2D eigenvalue weighted by atomic mass is 10.1. The molecular formula is C24H19FN2O3. The van der Waals surface area contributed by atoms with E-state index >= 15 is 0 Å². The van der Waals surface area contributed by atoms with Crippen LogP contribution in [-0.2, 0) is 13.1 Å². The maximum Gasteiger partial charge on any atom is 0.322 e. The van der Waals surface area contributed by atoms with Gasteiger partial charge in [-0.3, -0.25) is 4.79 Å². The van der Waals surface area contributed by atoms with Gasteiger partial charge in [0.05, 0.1) is 23.8 Å². The fourth-order valence-corrected chi connectivity index (χ4v) is 3.17. The SMILES string of the molecule is O=C(Nc1ccccc1)N(Cc1ccc(F)cc1)Cc1coc2ccccc2c1=O. The average Bonchev–Trinajstić information content (AvgIpc) is 2.77. The lowest BCUT2D eigenvalue weighted by molar-refractivity contribution is 0.206. The molecule has 0 fully saturated rings. The van der Waals surface area contributed by atoms with E-state index in [9.17, 15) is 14.0 Å². The van der Waals surface area contributed by atoms with Crippen molar-refractivity contribution in [2.24, 2.45) is 0 Å². The van der Waals surface area contributed by atoms with Crippen LogP contribution in [0.15, 0.2) is 94.3 Å². The first-order chi connectivity index (χ1) is 14.6. The second-order valence-corrected chi connectivity index (χ2v) is 6.86. The Morgan fingerprint density at radius 3 is 2.37 bits per heavy atom. The minimum atomic E-state index is -0.377. The molecule has 3 aromatic carbocycles. The first-order valence-electron chi connectivity index (χ1n) is 9.45. The summed E-state index contributed by atoms with van der Waals surface area (Å²) < 4.78 is 18.9. The summed E-state index contributed by atoms with van der Waals surface area (Å²) in [7, 11) is 0. The molecule has 0 saturated heterocycles. The van der Waals surface area contributed by atoms with Crippen LogP contribution in [0.2, 0.25) is 0 Å². The smallest absolute Gasteiger partial charge is 0.322 e. The number of amides is 2. The summed E-state index contributed by atoms with van der Waals surface area (Å²) in [5.41, 5.74) is 2.04. The van der Waals surface area contributed by atoms with E-state index in [2.05, 4.69) is 5.32 Å². The van der Waals surface area contributed by atoms with E-state index in [4.69, 9.17) is 4.42 Å². The van der Waals surface area contributed by atoms with Crippen LogP contribution in [0.4, 0.5) is 14.9 Å². The van der Waals surface area contributed by atoms with Crippen LogP contribution in [0.5, 0.6) is 0 Å². The van der Waals surface area contributed by atoms with Crippen LogP contribution >= 0.6 is 0 Å². The Hall–Kier alpha value is -3.93. The fraction of sp³-hybridized carbons (Fsp3) is 0.0833. The summed E-state index contributed by atoms with van der Waals surface area (Å²) in [5.74, 6) is -0.353. The van der Waals surface area contributed by atoms with Crippen molar-refractivity contribution in [2.45, 2.75) is 13.1 Å². The van der Waals surface area contributed by atoms with E-state index in [1.54, 1.807) is 48.5 Å². The standard InChI is InChI=1S/C24H19FN2O3/c25-19-12-10-17(11-13-19)14-27(24(29)26-20-6-2-1-3-7-20)15-18-16-30-22-9-5-4-8-21(22)23(18)28/h1-13,16H,14-15H2,(H,26,29). The number of hydrogen-bond acceptors (Lipinski definition) is 3. The number of nitrogens with one attached hydrogen (secondary N) is 1. The second kappa shape index (κ2) is 8.61. The molecule has 0 aliphatic heterocycles. The highest BCUT2D eigenvalue weighted by Gasteiger charge is 2.18. The molecule has 0 radical (unpaired) electrons. The number of urea groups is 1. The normalized spacial score (nSPS) is 10.7. The van der Waals surface area contributed by atoms with Gasteiger partial charge in [-0.2, -0.15) is 0 Å². The Labute approximate surface area is 172 Å². The molecule has 0 bridgehead atoms. The van der Waals surface area contributed by atoms with Gasteiger partial charge in [-0.05, 0) is 42.0 Å². The maximum absolute atomic E-state index is 13.3. The molecule has 5 nitrogen and oxygen atoms in total. The molecule has 0 aliphatic rings. The van der Waals surface area contributed by atoms with Crippen molar-refractivity contribution >= 4 is 22.7 Å². The molecular weight excluding hydrogens is 383 g/mol. The monoisotopic (exact) mass is 402 g/mol. The van der Waals surface area contributed by atoms with E-state index in [0.717, 1.165) is 5.56 Å². The summed E-state index contributed by atoms with van der Waals surface area (Å²) in [5, 5.41) is 3.29. The summed E-state index contributed by atoms with van der Waals surface area (Å²) in [6.07, 6.45) is 1.39. The second-order valence-electron chi connectivity index (χ2n) is 6.86. The third kappa shape index (κ3) is 4.38. The van der Waals surface area contributed by atoms with Crippen molar-refractivity contribution in [1.29, 1.82) is 0 Å². The largest absolute Gasteiger partial charge is 0.464 e. The quantitative estimate of drug-likeness (QED) is 0.501. The van der Waals surface area contributed by atoms with Gasteiger partial charge in [-0.25, -0.2) is 9.18 Å². The molecule has 0 saturated carbocycles. The molecule has 1 N–H and O–H groups in total.